The summed E-state index contributed by atoms with van der Waals surface area (Å²) >= 11 is 0. The molecule has 0 bridgehead atoms. The van der Waals surface area contributed by atoms with Gasteiger partial charge in [-0.2, -0.15) is 13.2 Å². The molecule has 19 heavy (non-hydrogen) atoms. The highest BCUT2D eigenvalue weighted by Gasteiger charge is 2.49. The van der Waals surface area contributed by atoms with E-state index in [0.717, 1.165) is 5.92 Å². The summed E-state index contributed by atoms with van der Waals surface area (Å²) in [4.78, 5) is 8.90. The Hall–Kier alpha value is -1.56. The van der Waals surface area contributed by atoms with E-state index < -0.39 is 12.1 Å². The summed E-state index contributed by atoms with van der Waals surface area (Å²) in [6, 6.07) is 10.7. The fraction of sp³-hybridized carbons (Fsp3) is 0.462. The van der Waals surface area contributed by atoms with E-state index in [1.54, 1.807) is 0 Å². The summed E-state index contributed by atoms with van der Waals surface area (Å²) < 4.78 is 31.7. The summed E-state index contributed by atoms with van der Waals surface area (Å²) in [6.45, 7) is 2.28. The van der Waals surface area contributed by atoms with Crippen LogP contribution in [0, 0.1) is 0 Å². The molecule has 1 aliphatic carbocycles. The molecule has 106 valence electrons. The fourth-order valence-corrected chi connectivity index (χ4v) is 1.81. The van der Waals surface area contributed by atoms with E-state index >= 15 is 0 Å². The van der Waals surface area contributed by atoms with E-state index in [1.807, 2.05) is 7.05 Å². The Morgan fingerprint density at radius 1 is 1.37 bits per heavy atom. The van der Waals surface area contributed by atoms with Gasteiger partial charge in [0.05, 0.1) is 0 Å². The van der Waals surface area contributed by atoms with Gasteiger partial charge in [-0.25, -0.2) is 4.79 Å². The zero-order chi connectivity index (χ0) is 14.7. The molecule has 1 fully saturated rings. The largest absolute Gasteiger partial charge is 0.490 e. The first-order valence-electron chi connectivity index (χ1n) is 5.74. The van der Waals surface area contributed by atoms with E-state index in [-0.39, 0.29) is 0 Å². The minimum Gasteiger partial charge on any atom is -0.475 e. The van der Waals surface area contributed by atoms with Crippen LogP contribution in [-0.4, -0.2) is 29.8 Å². The van der Waals surface area contributed by atoms with Gasteiger partial charge < -0.3 is 10.4 Å². The first kappa shape index (κ1) is 15.5. The number of rotatable bonds is 2. The van der Waals surface area contributed by atoms with Crippen LogP contribution in [0.1, 0.15) is 24.8 Å². The number of hydrogen-bond donors (Lipinski definition) is 2. The molecule has 1 aromatic carbocycles. The molecule has 1 saturated carbocycles. The SMILES string of the molecule is CNC1(C)CC1c1ccccc1.O=C(O)C(F)(F)F. The Morgan fingerprint density at radius 2 is 1.84 bits per heavy atom. The number of carbonyl (C=O) groups is 1. The highest BCUT2D eigenvalue weighted by atomic mass is 19.4. The Bertz CT molecular complexity index is 433. The summed E-state index contributed by atoms with van der Waals surface area (Å²) in [5, 5.41) is 10.5. The number of aliphatic carboxylic acids is 1. The van der Waals surface area contributed by atoms with Crippen molar-refractivity contribution in [3.8, 4) is 0 Å². The molecule has 0 amide bonds. The van der Waals surface area contributed by atoms with Gasteiger partial charge >= 0.3 is 12.1 Å². The lowest BCUT2D eigenvalue weighted by Gasteiger charge is -2.08. The van der Waals surface area contributed by atoms with Crippen molar-refractivity contribution in [2.45, 2.75) is 31.0 Å². The van der Waals surface area contributed by atoms with Crippen LogP contribution < -0.4 is 5.32 Å². The van der Waals surface area contributed by atoms with E-state index in [0.29, 0.717) is 5.54 Å². The van der Waals surface area contributed by atoms with Crippen molar-refractivity contribution in [1.29, 1.82) is 0 Å². The van der Waals surface area contributed by atoms with Crippen molar-refractivity contribution in [1.82, 2.24) is 5.32 Å². The fourth-order valence-electron chi connectivity index (χ4n) is 1.81. The van der Waals surface area contributed by atoms with Crippen LogP contribution in [0.5, 0.6) is 0 Å². The minimum atomic E-state index is -5.08. The third-order valence-electron chi connectivity index (χ3n) is 3.25. The molecule has 1 aliphatic rings. The molecular weight excluding hydrogens is 259 g/mol. The molecule has 3 nitrogen and oxygen atoms in total. The second-order valence-electron chi connectivity index (χ2n) is 4.64. The smallest absolute Gasteiger partial charge is 0.475 e. The van der Waals surface area contributed by atoms with Gasteiger partial charge in [-0.3, -0.25) is 0 Å². The molecule has 1 aromatic rings. The number of likely N-dealkylation sites (N-methyl/N-ethyl adjacent to an activating group) is 1. The standard InChI is InChI=1S/C11H15N.C2HF3O2/c1-11(12-2)8-10(11)9-6-4-3-5-7-9;3-2(4,5)1(6)7/h3-7,10,12H,8H2,1-2H3;(H,6,7). The lowest BCUT2D eigenvalue weighted by molar-refractivity contribution is -0.192. The maximum Gasteiger partial charge on any atom is 0.490 e. The molecule has 2 atom stereocenters. The summed E-state index contributed by atoms with van der Waals surface area (Å²) in [5.74, 6) is -2.03. The predicted octanol–water partition coefficient (Wildman–Crippen LogP) is 2.79. The van der Waals surface area contributed by atoms with Crippen LogP contribution in [0.25, 0.3) is 0 Å². The zero-order valence-corrected chi connectivity index (χ0v) is 10.7. The number of halogens is 3. The highest BCUT2D eigenvalue weighted by Crippen LogP contribution is 2.50. The van der Waals surface area contributed by atoms with Crippen molar-refractivity contribution in [2.24, 2.45) is 0 Å². The summed E-state index contributed by atoms with van der Waals surface area (Å²) in [5.41, 5.74) is 1.83. The van der Waals surface area contributed by atoms with Crippen molar-refractivity contribution in [3.63, 3.8) is 0 Å². The Labute approximate surface area is 109 Å². The number of carboxylic acid groups (broad SMARTS) is 1. The number of carboxylic acids is 1. The second kappa shape index (κ2) is 5.61. The van der Waals surface area contributed by atoms with Crippen LogP contribution in [0.4, 0.5) is 13.2 Å². The van der Waals surface area contributed by atoms with Crippen LogP contribution in [0.15, 0.2) is 30.3 Å². The van der Waals surface area contributed by atoms with E-state index in [4.69, 9.17) is 9.90 Å². The minimum absolute atomic E-state index is 0.362. The first-order chi connectivity index (χ1) is 8.70. The molecule has 0 heterocycles. The third kappa shape index (κ3) is 4.24. The molecule has 0 radical (unpaired) electrons. The normalized spacial score (nSPS) is 25.2. The van der Waals surface area contributed by atoms with Gasteiger partial charge in [-0.1, -0.05) is 30.3 Å². The van der Waals surface area contributed by atoms with Gasteiger partial charge in [0.2, 0.25) is 0 Å². The lowest BCUT2D eigenvalue weighted by Crippen LogP contribution is -2.24. The molecule has 0 aliphatic heterocycles. The lowest BCUT2D eigenvalue weighted by atomic mass is 10.1. The zero-order valence-electron chi connectivity index (χ0n) is 10.7. The maximum atomic E-state index is 10.6. The molecule has 6 heteroatoms. The van der Waals surface area contributed by atoms with Gasteiger partial charge in [-0.15, -0.1) is 0 Å². The Morgan fingerprint density at radius 3 is 2.16 bits per heavy atom. The van der Waals surface area contributed by atoms with Gasteiger partial charge in [0.25, 0.3) is 0 Å². The molecule has 0 spiro atoms. The molecular formula is C13H16F3NO2. The maximum absolute atomic E-state index is 10.6. The van der Waals surface area contributed by atoms with E-state index in [9.17, 15) is 13.2 Å². The molecule has 0 saturated heterocycles. The molecule has 0 aromatic heterocycles. The number of hydrogen-bond acceptors (Lipinski definition) is 2. The van der Waals surface area contributed by atoms with E-state index in [2.05, 4.69) is 42.6 Å². The third-order valence-corrected chi connectivity index (χ3v) is 3.25. The quantitative estimate of drug-likeness (QED) is 0.872. The topological polar surface area (TPSA) is 49.3 Å². The van der Waals surface area contributed by atoms with Crippen LogP contribution in [0.3, 0.4) is 0 Å². The Balaban J connectivity index is 0.000000224. The highest BCUT2D eigenvalue weighted by molar-refractivity contribution is 5.73. The monoisotopic (exact) mass is 275 g/mol. The van der Waals surface area contributed by atoms with Gasteiger partial charge in [0, 0.05) is 11.5 Å². The molecule has 2 N–H and O–H groups in total. The molecule has 2 unspecified atom stereocenters. The number of nitrogens with one attached hydrogen (secondary N) is 1. The van der Waals surface area contributed by atoms with Gasteiger partial charge in [-0.05, 0) is 26.0 Å². The van der Waals surface area contributed by atoms with Crippen LogP contribution >= 0.6 is 0 Å². The van der Waals surface area contributed by atoms with E-state index in [1.165, 1.54) is 12.0 Å². The first-order valence-corrected chi connectivity index (χ1v) is 5.74. The van der Waals surface area contributed by atoms with Crippen molar-refractivity contribution < 1.29 is 23.1 Å². The van der Waals surface area contributed by atoms with Crippen LogP contribution in [0.2, 0.25) is 0 Å². The van der Waals surface area contributed by atoms with Gasteiger partial charge in [0.15, 0.2) is 0 Å². The Kier molecular flexibility index (Phi) is 4.57. The van der Waals surface area contributed by atoms with Crippen LogP contribution in [-0.2, 0) is 4.79 Å². The van der Waals surface area contributed by atoms with Crippen molar-refractivity contribution in [3.05, 3.63) is 35.9 Å². The van der Waals surface area contributed by atoms with Crippen molar-refractivity contribution >= 4 is 5.97 Å². The second-order valence-corrected chi connectivity index (χ2v) is 4.64. The average Bonchev–Trinajstić information content (AvgIpc) is 3.03. The number of benzene rings is 1. The molecule has 2 rings (SSSR count). The average molecular weight is 275 g/mol. The van der Waals surface area contributed by atoms with Gasteiger partial charge in [0.1, 0.15) is 0 Å². The predicted molar refractivity (Wildman–Crippen MR) is 65.0 cm³/mol. The van der Waals surface area contributed by atoms with Crippen molar-refractivity contribution in [2.75, 3.05) is 7.05 Å². The summed E-state index contributed by atoms with van der Waals surface area (Å²) in [7, 11) is 2.04. The summed E-state index contributed by atoms with van der Waals surface area (Å²) in [6.07, 6.45) is -3.81. The number of alkyl halides is 3.